The van der Waals surface area contributed by atoms with Gasteiger partial charge < -0.3 is 5.11 Å². The zero-order valence-corrected chi connectivity index (χ0v) is 8.14. The standard InChI is InChI=1S/C8H6O.C6H4/c1-2-7-5-3-4-6-8(7)9;1-2-5-4-6(5)3-1/h1,3-6,9H;1-4H. The van der Waals surface area contributed by atoms with Crippen LogP contribution in [0.4, 0.5) is 0 Å². The van der Waals surface area contributed by atoms with Crippen LogP contribution in [0.3, 0.4) is 0 Å². The van der Waals surface area contributed by atoms with Gasteiger partial charge in [0.25, 0.3) is 0 Å². The second-order valence-electron chi connectivity index (χ2n) is 3.24. The van der Waals surface area contributed by atoms with Crippen LogP contribution in [0.2, 0.25) is 0 Å². The van der Waals surface area contributed by atoms with Gasteiger partial charge in [0, 0.05) is 0 Å². The lowest BCUT2D eigenvalue weighted by Gasteiger charge is -1.91. The largest absolute Gasteiger partial charge is 0.507 e. The Hall–Kier alpha value is -2.20. The Kier molecular flexibility index (Phi) is 2.43. The number of para-hydroxylation sites is 1. The van der Waals surface area contributed by atoms with Gasteiger partial charge in [0.1, 0.15) is 5.75 Å². The maximum Gasteiger partial charge on any atom is 0.131 e. The third-order valence-electron chi connectivity index (χ3n) is 2.17. The molecule has 72 valence electrons. The number of phenols is 1. The van der Waals surface area contributed by atoms with Crippen molar-refractivity contribution >= 4 is 0 Å². The van der Waals surface area contributed by atoms with Crippen LogP contribution in [0.25, 0.3) is 11.1 Å². The molecule has 1 aromatic rings. The van der Waals surface area contributed by atoms with Gasteiger partial charge in [-0.3, -0.25) is 0 Å². The van der Waals surface area contributed by atoms with Crippen molar-refractivity contribution in [3.63, 3.8) is 0 Å². The number of phenolic OH excluding ortho intramolecular Hbond substituents is 1. The van der Waals surface area contributed by atoms with Gasteiger partial charge in [0.05, 0.1) is 5.56 Å². The third-order valence-corrected chi connectivity index (χ3v) is 2.17. The summed E-state index contributed by atoms with van der Waals surface area (Å²) in [7, 11) is 0. The second-order valence-corrected chi connectivity index (χ2v) is 3.24. The molecule has 2 aliphatic rings. The van der Waals surface area contributed by atoms with Crippen molar-refractivity contribution < 1.29 is 5.11 Å². The maximum absolute atomic E-state index is 8.97. The monoisotopic (exact) mass is 194 g/mol. The normalized spacial score (nSPS) is 9.53. The van der Waals surface area contributed by atoms with E-state index in [0.29, 0.717) is 5.56 Å². The Morgan fingerprint density at radius 2 is 1.60 bits per heavy atom. The van der Waals surface area contributed by atoms with Crippen molar-refractivity contribution in [2.24, 2.45) is 0 Å². The van der Waals surface area contributed by atoms with Crippen molar-refractivity contribution in [1.29, 1.82) is 0 Å². The molecule has 0 heterocycles. The molecule has 0 aliphatic heterocycles. The molecule has 0 amide bonds. The fourth-order valence-corrected chi connectivity index (χ4v) is 1.27. The number of fused-ring (bicyclic) bond motifs is 1. The van der Waals surface area contributed by atoms with Gasteiger partial charge in [-0.1, -0.05) is 36.3 Å². The van der Waals surface area contributed by atoms with Crippen LogP contribution in [0.15, 0.2) is 48.5 Å². The van der Waals surface area contributed by atoms with Gasteiger partial charge in [0.2, 0.25) is 0 Å². The fourth-order valence-electron chi connectivity index (χ4n) is 1.27. The highest BCUT2D eigenvalue weighted by Gasteiger charge is 2.06. The number of hydrogen-bond donors (Lipinski definition) is 1. The van der Waals surface area contributed by atoms with Gasteiger partial charge in [-0.2, -0.15) is 0 Å². The van der Waals surface area contributed by atoms with Crippen LogP contribution in [0.1, 0.15) is 5.56 Å². The molecule has 1 aromatic carbocycles. The summed E-state index contributed by atoms with van der Waals surface area (Å²) >= 11 is 0. The summed E-state index contributed by atoms with van der Waals surface area (Å²) < 4.78 is 0. The first kappa shape index (κ1) is 9.36. The number of rotatable bonds is 0. The van der Waals surface area contributed by atoms with Crippen LogP contribution in [-0.2, 0) is 0 Å². The van der Waals surface area contributed by atoms with Gasteiger partial charge in [-0.15, -0.1) is 6.42 Å². The van der Waals surface area contributed by atoms with Crippen LogP contribution >= 0.6 is 0 Å². The summed E-state index contributed by atoms with van der Waals surface area (Å²) in [5.74, 6) is 2.51. The van der Waals surface area contributed by atoms with E-state index in [4.69, 9.17) is 11.5 Å². The predicted molar refractivity (Wildman–Crippen MR) is 61.5 cm³/mol. The van der Waals surface area contributed by atoms with Crippen molar-refractivity contribution in [3.8, 4) is 29.2 Å². The average molecular weight is 194 g/mol. The summed E-state index contributed by atoms with van der Waals surface area (Å²) in [5.41, 5.74) is 3.39. The number of aromatic hydroxyl groups is 1. The van der Waals surface area contributed by atoms with Crippen molar-refractivity contribution in [2.75, 3.05) is 0 Å². The van der Waals surface area contributed by atoms with Gasteiger partial charge in [0.15, 0.2) is 0 Å². The number of benzene rings is 2. The van der Waals surface area contributed by atoms with Gasteiger partial charge >= 0.3 is 0 Å². The van der Waals surface area contributed by atoms with Crippen LogP contribution in [0.5, 0.6) is 5.75 Å². The molecule has 3 rings (SSSR count). The first-order valence-corrected chi connectivity index (χ1v) is 4.66. The summed E-state index contributed by atoms with van der Waals surface area (Å²) in [6.45, 7) is 0. The summed E-state index contributed by atoms with van der Waals surface area (Å²) in [5, 5.41) is 8.97. The van der Waals surface area contributed by atoms with Crippen molar-refractivity contribution in [3.05, 3.63) is 54.1 Å². The van der Waals surface area contributed by atoms with E-state index in [9.17, 15) is 0 Å². The highest BCUT2D eigenvalue weighted by atomic mass is 16.3. The summed E-state index contributed by atoms with van der Waals surface area (Å²) in [4.78, 5) is 0. The Balaban J connectivity index is 0.000000121. The highest BCUT2D eigenvalue weighted by Crippen LogP contribution is 2.32. The predicted octanol–water partition coefficient (Wildman–Crippen LogP) is 3.04. The molecule has 0 bridgehead atoms. The van der Waals surface area contributed by atoms with E-state index in [2.05, 4.69) is 30.2 Å². The van der Waals surface area contributed by atoms with Crippen molar-refractivity contribution in [2.45, 2.75) is 0 Å². The van der Waals surface area contributed by atoms with Crippen LogP contribution in [-0.4, -0.2) is 5.11 Å². The van der Waals surface area contributed by atoms with Gasteiger partial charge in [-0.25, -0.2) is 0 Å². The Morgan fingerprint density at radius 1 is 0.933 bits per heavy atom. The Bertz CT molecular complexity index is 504. The topological polar surface area (TPSA) is 20.2 Å². The molecule has 0 saturated carbocycles. The second kappa shape index (κ2) is 3.89. The third kappa shape index (κ3) is 2.18. The minimum atomic E-state index is 0.167. The van der Waals surface area contributed by atoms with Crippen LogP contribution < -0.4 is 0 Å². The zero-order chi connectivity index (χ0) is 10.7. The maximum atomic E-state index is 8.97. The zero-order valence-electron chi connectivity index (χ0n) is 8.14. The molecule has 0 atom stereocenters. The molecule has 0 unspecified atom stereocenters. The number of terminal acetylenes is 1. The molecule has 0 saturated heterocycles. The van der Waals surface area contributed by atoms with Crippen molar-refractivity contribution in [1.82, 2.24) is 0 Å². The lowest BCUT2D eigenvalue weighted by molar-refractivity contribution is 0.474. The van der Waals surface area contributed by atoms with Gasteiger partial charge in [-0.05, 0) is 29.3 Å². The Labute approximate surface area is 89.0 Å². The average Bonchev–Trinajstić information content (AvgIpc) is 2.87. The molecular weight excluding hydrogens is 184 g/mol. The van der Waals surface area contributed by atoms with E-state index in [1.54, 1.807) is 24.3 Å². The molecule has 1 N–H and O–H groups in total. The highest BCUT2D eigenvalue weighted by molar-refractivity contribution is 5.80. The van der Waals surface area contributed by atoms with E-state index in [1.165, 1.54) is 11.1 Å². The van der Waals surface area contributed by atoms with E-state index < -0.39 is 0 Å². The molecule has 2 aliphatic carbocycles. The van der Waals surface area contributed by atoms with Crippen LogP contribution in [0, 0.1) is 12.3 Å². The first-order valence-electron chi connectivity index (χ1n) is 4.66. The molecule has 0 radical (unpaired) electrons. The fraction of sp³-hybridized carbons (Fsp3) is 0. The number of hydrogen-bond acceptors (Lipinski definition) is 1. The van der Waals surface area contributed by atoms with E-state index in [1.807, 2.05) is 0 Å². The smallest absolute Gasteiger partial charge is 0.131 e. The van der Waals surface area contributed by atoms with E-state index >= 15 is 0 Å². The summed E-state index contributed by atoms with van der Waals surface area (Å²) in [6, 6.07) is 15.3. The molecule has 1 heteroatoms. The lowest BCUT2D eigenvalue weighted by Crippen LogP contribution is -1.71. The first-order chi connectivity index (χ1) is 7.31. The minimum absolute atomic E-state index is 0.167. The van der Waals surface area contributed by atoms with E-state index in [-0.39, 0.29) is 5.75 Å². The molecule has 15 heavy (non-hydrogen) atoms. The molecule has 0 aromatic heterocycles. The quantitative estimate of drug-likeness (QED) is 0.545. The molecule has 1 nitrogen and oxygen atoms in total. The van der Waals surface area contributed by atoms with E-state index in [0.717, 1.165) is 0 Å². The molecule has 0 fully saturated rings. The summed E-state index contributed by atoms with van der Waals surface area (Å²) in [6.07, 6.45) is 5.04. The Morgan fingerprint density at radius 3 is 1.93 bits per heavy atom. The lowest BCUT2D eigenvalue weighted by atomic mass is 10.2. The molecule has 0 spiro atoms. The SMILES string of the molecule is C#Cc1ccccc1O.c1cc2cc-2c1. The molecular formula is C14H10O. The minimum Gasteiger partial charge on any atom is -0.507 e.